The lowest BCUT2D eigenvalue weighted by atomic mass is 9.94. The summed E-state index contributed by atoms with van der Waals surface area (Å²) in [6.45, 7) is 9.73. The second kappa shape index (κ2) is 4.78. The van der Waals surface area contributed by atoms with Crippen molar-refractivity contribution in [2.45, 2.75) is 41.0 Å². The van der Waals surface area contributed by atoms with Crippen molar-refractivity contribution in [3.63, 3.8) is 0 Å². The van der Waals surface area contributed by atoms with Gasteiger partial charge in [0.05, 0.1) is 0 Å². The zero-order chi connectivity index (χ0) is 13.2. The van der Waals surface area contributed by atoms with Crippen LogP contribution in [0.4, 0.5) is 11.4 Å². The normalized spacial score (nSPS) is 11.4. The van der Waals surface area contributed by atoms with Gasteiger partial charge in [0.15, 0.2) is 0 Å². The van der Waals surface area contributed by atoms with Gasteiger partial charge >= 0.3 is 0 Å². The monoisotopic (exact) mass is 234 g/mol. The molecule has 0 unspecified atom stereocenters. The first-order valence-electron chi connectivity index (χ1n) is 5.96. The third kappa shape index (κ3) is 3.22. The number of benzene rings is 1. The Labute approximate surface area is 103 Å². The Kier molecular flexibility index (Phi) is 3.81. The summed E-state index contributed by atoms with van der Waals surface area (Å²) < 4.78 is 0. The molecule has 0 aliphatic carbocycles. The smallest absolute Gasteiger partial charge is 0.229 e. The Morgan fingerprint density at radius 1 is 1.35 bits per heavy atom. The molecule has 0 bridgehead atoms. The van der Waals surface area contributed by atoms with E-state index in [9.17, 15) is 4.79 Å². The zero-order valence-electron chi connectivity index (χ0n) is 11.3. The van der Waals surface area contributed by atoms with Gasteiger partial charge in [-0.05, 0) is 36.6 Å². The fourth-order valence-electron chi connectivity index (χ4n) is 1.65. The first-order valence-corrected chi connectivity index (χ1v) is 5.96. The van der Waals surface area contributed by atoms with Gasteiger partial charge in [0.2, 0.25) is 5.91 Å². The number of nitrogen functional groups attached to an aromatic ring is 1. The van der Waals surface area contributed by atoms with Crippen LogP contribution in [0.3, 0.4) is 0 Å². The summed E-state index contributed by atoms with van der Waals surface area (Å²) >= 11 is 0. The van der Waals surface area contributed by atoms with Crippen LogP contribution >= 0.6 is 0 Å². The maximum absolute atomic E-state index is 12.0. The summed E-state index contributed by atoms with van der Waals surface area (Å²) in [4.78, 5) is 12.0. The quantitative estimate of drug-likeness (QED) is 0.772. The molecule has 0 fully saturated rings. The molecular formula is C14H22N2O. The molecule has 3 heteroatoms. The summed E-state index contributed by atoms with van der Waals surface area (Å²) in [6.07, 6.45) is 0.853. The van der Waals surface area contributed by atoms with E-state index >= 15 is 0 Å². The van der Waals surface area contributed by atoms with Crippen LogP contribution in [-0.2, 0) is 11.2 Å². The summed E-state index contributed by atoms with van der Waals surface area (Å²) in [5, 5.41) is 3.00. The van der Waals surface area contributed by atoms with Crippen molar-refractivity contribution in [2.24, 2.45) is 5.41 Å². The Bertz CT molecular complexity index is 431. The average Bonchev–Trinajstić information content (AvgIpc) is 2.19. The molecule has 1 rings (SSSR count). The maximum Gasteiger partial charge on any atom is 0.229 e. The Hall–Kier alpha value is -1.51. The van der Waals surface area contributed by atoms with E-state index < -0.39 is 5.41 Å². The van der Waals surface area contributed by atoms with Crippen molar-refractivity contribution < 1.29 is 4.79 Å². The topological polar surface area (TPSA) is 55.1 Å². The number of hydrogen-bond acceptors (Lipinski definition) is 2. The van der Waals surface area contributed by atoms with Gasteiger partial charge in [-0.15, -0.1) is 0 Å². The van der Waals surface area contributed by atoms with E-state index in [0.29, 0.717) is 0 Å². The number of rotatable bonds is 2. The van der Waals surface area contributed by atoms with Crippen LogP contribution < -0.4 is 11.1 Å². The minimum Gasteiger partial charge on any atom is -0.399 e. The van der Waals surface area contributed by atoms with Crippen molar-refractivity contribution in [3.8, 4) is 0 Å². The number of nitrogens with one attached hydrogen (secondary N) is 1. The highest BCUT2D eigenvalue weighted by Gasteiger charge is 2.22. The Balaban J connectivity index is 3.10. The Morgan fingerprint density at radius 2 is 1.94 bits per heavy atom. The summed E-state index contributed by atoms with van der Waals surface area (Å²) in [6, 6.07) is 3.81. The van der Waals surface area contributed by atoms with Gasteiger partial charge in [-0.25, -0.2) is 0 Å². The summed E-state index contributed by atoms with van der Waals surface area (Å²) in [5.74, 6) is 0.0278. The van der Waals surface area contributed by atoms with Gasteiger partial charge in [0.1, 0.15) is 0 Å². The van der Waals surface area contributed by atoms with Crippen molar-refractivity contribution in [3.05, 3.63) is 23.3 Å². The number of carbonyl (C=O) groups is 1. The molecule has 0 saturated heterocycles. The molecule has 0 aliphatic heterocycles. The first kappa shape index (κ1) is 13.6. The summed E-state index contributed by atoms with van der Waals surface area (Å²) in [5.41, 5.74) is 9.16. The van der Waals surface area contributed by atoms with E-state index in [0.717, 1.165) is 28.9 Å². The summed E-state index contributed by atoms with van der Waals surface area (Å²) in [7, 11) is 0. The van der Waals surface area contributed by atoms with Crippen LogP contribution in [0, 0.1) is 12.3 Å². The van der Waals surface area contributed by atoms with E-state index in [1.807, 2.05) is 39.8 Å². The Morgan fingerprint density at radius 3 is 2.41 bits per heavy atom. The number of amides is 1. The minimum atomic E-state index is -0.390. The molecule has 0 radical (unpaired) electrons. The van der Waals surface area contributed by atoms with Crippen LogP contribution in [0.2, 0.25) is 0 Å². The molecule has 1 amide bonds. The van der Waals surface area contributed by atoms with E-state index in [1.54, 1.807) is 0 Å². The molecule has 94 valence electrons. The lowest BCUT2D eigenvalue weighted by Crippen LogP contribution is -2.28. The predicted molar refractivity (Wildman–Crippen MR) is 73.1 cm³/mol. The highest BCUT2D eigenvalue weighted by atomic mass is 16.2. The van der Waals surface area contributed by atoms with Crippen LogP contribution in [0.15, 0.2) is 12.1 Å². The molecule has 3 N–H and O–H groups in total. The number of aryl methyl sites for hydroxylation is 2. The molecule has 0 aliphatic rings. The fourth-order valence-corrected chi connectivity index (χ4v) is 1.65. The lowest BCUT2D eigenvalue weighted by molar-refractivity contribution is -0.123. The number of anilines is 2. The first-order chi connectivity index (χ1) is 7.75. The molecule has 0 heterocycles. The lowest BCUT2D eigenvalue weighted by Gasteiger charge is -2.21. The van der Waals surface area contributed by atoms with Gasteiger partial charge in [-0.1, -0.05) is 27.7 Å². The fraction of sp³-hybridized carbons (Fsp3) is 0.500. The van der Waals surface area contributed by atoms with Crippen molar-refractivity contribution >= 4 is 17.3 Å². The third-order valence-corrected chi connectivity index (χ3v) is 2.74. The van der Waals surface area contributed by atoms with Gasteiger partial charge in [0, 0.05) is 16.8 Å². The molecule has 1 aromatic rings. The maximum atomic E-state index is 12.0. The predicted octanol–water partition coefficient (Wildman–Crippen LogP) is 3.12. The molecule has 0 saturated carbocycles. The minimum absolute atomic E-state index is 0.0278. The van der Waals surface area contributed by atoms with Crippen LogP contribution in [0.25, 0.3) is 0 Å². The molecule has 3 nitrogen and oxygen atoms in total. The molecule has 17 heavy (non-hydrogen) atoms. The molecule has 1 aromatic carbocycles. The second-order valence-electron chi connectivity index (χ2n) is 5.43. The molecule has 0 aromatic heterocycles. The van der Waals surface area contributed by atoms with Gasteiger partial charge < -0.3 is 11.1 Å². The van der Waals surface area contributed by atoms with Gasteiger partial charge in [-0.3, -0.25) is 4.79 Å². The van der Waals surface area contributed by atoms with E-state index in [1.165, 1.54) is 0 Å². The van der Waals surface area contributed by atoms with Crippen molar-refractivity contribution in [2.75, 3.05) is 11.1 Å². The standard InChI is InChI=1S/C14H22N2O/c1-6-10-8-11(15)7-9(2)12(10)16-13(17)14(3,4)5/h7-8H,6,15H2,1-5H3,(H,16,17). The second-order valence-corrected chi connectivity index (χ2v) is 5.43. The largest absolute Gasteiger partial charge is 0.399 e. The zero-order valence-corrected chi connectivity index (χ0v) is 11.3. The van der Waals surface area contributed by atoms with Crippen molar-refractivity contribution in [1.82, 2.24) is 0 Å². The molecule has 0 spiro atoms. The van der Waals surface area contributed by atoms with E-state index in [2.05, 4.69) is 12.2 Å². The van der Waals surface area contributed by atoms with Crippen molar-refractivity contribution in [1.29, 1.82) is 0 Å². The molecular weight excluding hydrogens is 212 g/mol. The number of carbonyl (C=O) groups excluding carboxylic acids is 1. The number of nitrogens with two attached hydrogens (primary N) is 1. The molecule has 0 atom stereocenters. The average molecular weight is 234 g/mol. The van der Waals surface area contributed by atoms with Crippen LogP contribution in [0.5, 0.6) is 0 Å². The highest BCUT2D eigenvalue weighted by Crippen LogP contribution is 2.26. The number of hydrogen-bond donors (Lipinski definition) is 2. The van der Waals surface area contributed by atoms with Gasteiger partial charge in [0.25, 0.3) is 0 Å². The van der Waals surface area contributed by atoms with Crippen LogP contribution in [-0.4, -0.2) is 5.91 Å². The van der Waals surface area contributed by atoms with Crippen LogP contribution in [0.1, 0.15) is 38.8 Å². The van der Waals surface area contributed by atoms with Gasteiger partial charge in [-0.2, -0.15) is 0 Å². The van der Waals surface area contributed by atoms with E-state index in [4.69, 9.17) is 5.73 Å². The SMILES string of the molecule is CCc1cc(N)cc(C)c1NC(=O)C(C)(C)C. The van der Waals surface area contributed by atoms with E-state index in [-0.39, 0.29) is 5.91 Å². The third-order valence-electron chi connectivity index (χ3n) is 2.74. The highest BCUT2D eigenvalue weighted by molar-refractivity contribution is 5.96.